The summed E-state index contributed by atoms with van der Waals surface area (Å²) in [7, 11) is -0.756. The van der Waals surface area contributed by atoms with Gasteiger partial charge in [0.2, 0.25) is 0 Å². The molecule has 1 aliphatic rings. The maximum absolute atomic E-state index is 10.2. The van der Waals surface area contributed by atoms with Gasteiger partial charge in [-0.05, 0) is 12.7 Å². The summed E-state index contributed by atoms with van der Waals surface area (Å²) in [5.41, 5.74) is 0. The van der Waals surface area contributed by atoms with Crippen molar-refractivity contribution in [3.8, 4) is 0 Å². The van der Waals surface area contributed by atoms with Crippen molar-refractivity contribution in [1.29, 1.82) is 0 Å². The minimum absolute atomic E-state index is 0.00292. The number of carboxylic acid groups (broad SMARTS) is 1. The van der Waals surface area contributed by atoms with E-state index in [1.54, 1.807) is 0 Å². The van der Waals surface area contributed by atoms with E-state index in [2.05, 4.69) is 0 Å². The largest absolute Gasteiger partial charge is 0.481 e. The molecule has 62 valence electrons. The zero-order chi connectivity index (χ0) is 8.27. The topological polar surface area (TPSA) is 66.8 Å². The molecule has 1 saturated heterocycles. The predicted molar refractivity (Wildman–Crippen MR) is 39.1 cm³/mol. The van der Waals surface area contributed by atoms with E-state index in [1.807, 2.05) is 0 Å². The highest BCUT2D eigenvalue weighted by Gasteiger charge is 2.26. The summed E-state index contributed by atoms with van der Waals surface area (Å²) in [6.07, 6.45) is 1.91. The zero-order valence-corrected chi connectivity index (χ0v) is 6.19. The average Bonchev–Trinajstić information content (AvgIpc) is 1.85. The van der Waals surface area contributed by atoms with Crippen molar-refractivity contribution in [3.63, 3.8) is 0 Å². The smallest absolute Gasteiger partial charge is 0.454 e. The van der Waals surface area contributed by atoms with E-state index in [-0.39, 0.29) is 12.5 Å². The van der Waals surface area contributed by atoms with Crippen LogP contribution < -0.4 is 0 Å². The first-order valence-electron chi connectivity index (χ1n) is 3.74. The first kappa shape index (κ1) is 8.55. The van der Waals surface area contributed by atoms with Crippen molar-refractivity contribution >= 4 is 13.1 Å². The molecule has 0 amide bonds. The minimum atomic E-state index is -0.871. The Bertz CT molecular complexity index is 150. The molecule has 1 aliphatic heterocycles. The Labute approximate surface area is 65.3 Å². The van der Waals surface area contributed by atoms with Gasteiger partial charge in [0.05, 0.1) is 12.5 Å². The van der Waals surface area contributed by atoms with Crippen LogP contribution in [0.3, 0.4) is 0 Å². The predicted octanol–water partition coefficient (Wildman–Crippen LogP) is 0.121. The van der Waals surface area contributed by atoms with Crippen LogP contribution in [0.2, 0.25) is 6.32 Å². The van der Waals surface area contributed by atoms with Crippen LogP contribution in [0.25, 0.3) is 0 Å². The monoisotopic (exact) mass is 158 g/mol. The second-order valence-corrected chi connectivity index (χ2v) is 2.74. The first-order chi connectivity index (χ1) is 5.18. The van der Waals surface area contributed by atoms with Gasteiger partial charge < -0.3 is 14.8 Å². The molecule has 1 fully saturated rings. The Kier molecular flexibility index (Phi) is 2.90. The number of carboxylic acids is 1. The number of carbonyl (C=O) groups is 1. The average molecular weight is 158 g/mol. The van der Waals surface area contributed by atoms with E-state index in [0.717, 1.165) is 12.8 Å². The standard InChI is InChI=1S/C6H11BO4/c8-6(9)4-5-2-1-3-7(10)11-5/h5,10H,1-4H2,(H,8,9)/t5-/m0/s1. The fourth-order valence-corrected chi connectivity index (χ4v) is 1.22. The molecular weight excluding hydrogens is 147 g/mol. The molecule has 0 saturated carbocycles. The lowest BCUT2D eigenvalue weighted by molar-refractivity contribution is -0.139. The quantitative estimate of drug-likeness (QED) is 0.560. The van der Waals surface area contributed by atoms with Crippen LogP contribution in [-0.4, -0.2) is 29.3 Å². The SMILES string of the molecule is O=C(O)C[C@@H]1CCCB(O)O1. The minimum Gasteiger partial charge on any atom is -0.481 e. The highest BCUT2D eigenvalue weighted by molar-refractivity contribution is 6.42. The molecule has 0 radical (unpaired) electrons. The maximum Gasteiger partial charge on any atom is 0.454 e. The third kappa shape index (κ3) is 2.90. The lowest BCUT2D eigenvalue weighted by Crippen LogP contribution is -2.32. The molecule has 0 aromatic heterocycles. The van der Waals surface area contributed by atoms with Crippen LogP contribution in [-0.2, 0) is 9.45 Å². The Balaban J connectivity index is 2.28. The van der Waals surface area contributed by atoms with Gasteiger partial charge in [-0.2, -0.15) is 0 Å². The summed E-state index contributed by atoms with van der Waals surface area (Å²) in [5, 5.41) is 17.4. The van der Waals surface area contributed by atoms with E-state index in [4.69, 9.17) is 14.8 Å². The zero-order valence-electron chi connectivity index (χ0n) is 6.19. The van der Waals surface area contributed by atoms with Crippen LogP contribution in [0.1, 0.15) is 19.3 Å². The second-order valence-electron chi connectivity index (χ2n) is 2.74. The van der Waals surface area contributed by atoms with Gasteiger partial charge in [-0.25, -0.2) is 0 Å². The van der Waals surface area contributed by atoms with Gasteiger partial charge in [-0.15, -0.1) is 0 Å². The number of aliphatic carboxylic acids is 1. The van der Waals surface area contributed by atoms with E-state index in [9.17, 15) is 4.79 Å². The van der Waals surface area contributed by atoms with Crippen LogP contribution in [0, 0.1) is 0 Å². The van der Waals surface area contributed by atoms with Crippen LogP contribution in [0.15, 0.2) is 0 Å². The Morgan fingerprint density at radius 2 is 2.45 bits per heavy atom. The summed E-state index contributed by atoms with van der Waals surface area (Å²) in [5.74, 6) is -0.871. The normalized spacial score (nSPS) is 25.2. The van der Waals surface area contributed by atoms with E-state index in [0.29, 0.717) is 6.32 Å². The van der Waals surface area contributed by atoms with Crippen LogP contribution in [0.5, 0.6) is 0 Å². The second kappa shape index (κ2) is 3.73. The van der Waals surface area contributed by atoms with Crippen molar-refractivity contribution in [2.75, 3.05) is 0 Å². The fourth-order valence-electron chi connectivity index (χ4n) is 1.22. The molecule has 0 bridgehead atoms. The fraction of sp³-hybridized carbons (Fsp3) is 0.833. The maximum atomic E-state index is 10.2. The van der Waals surface area contributed by atoms with Crippen molar-refractivity contribution in [3.05, 3.63) is 0 Å². The van der Waals surface area contributed by atoms with Crippen LogP contribution in [0.4, 0.5) is 0 Å². The number of rotatable bonds is 2. The molecule has 0 aliphatic carbocycles. The molecule has 11 heavy (non-hydrogen) atoms. The van der Waals surface area contributed by atoms with Gasteiger partial charge >= 0.3 is 13.1 Å². The molecule has 0 unspecified atom stereocenters. The molecule has 2 N–H and O–H groups in total. The van der Waals surface area contributed by atoms with Crippen molar-refractivity contribution in [2.24, 2.45) is 0 Å². The molecule has 1 heterocycles. The van der Waals surface area contributed by atoms with Gasteiger partial charge in [-0.3, -0.25) is 4.79 Å². The molecule has 0 spiro atoms. The van der Waals surface area contributed by atoms with Gasteiger partial charge in [0.1, 0.15) is 0 Å². The highest BCUT2D eigenvalue weighted by atomic mass is 16.5. The number of hydrogen-bond donors (Lipinski definition) is 2. The molecule has 1 atom stereocenters. The van der Waals surface area contributed by atoms with Gasteiger partial charge in [-0.1, -0.05) is 6.42 Å². The first-order valence-corrected chi connectivity index (χ1v) is 3.74. The van der Waals surface area contributed by atoms with Gasteiger partial charge in [0, 0.05) is 0 Å². The Hall–Kier alpha value is -0.545. The molecule has 0 aromatic carbocycles. The lowest BCUT2D eigenvalue weighted by atomic mass is 9.78. The summed E-state index contributed by atoms with van der Waals surface area (Å²) in [6, 6.07) is 0. The highest BCUT2D eigenvalue weighted by Crippen LogP contribution is 2.18. The van der Waals surface area contributed by atoms with Crippen molar-refractivity contribution < 1.29 is 19.6 Å². The summed E-state index contributed by atoms with van der Waals surface area (Å²) >= 11 is 0. The summed E-state index contributed by atoms with van der Waals surface area (Å²) < 4.78 is 4.97. The molecule has 5 heteroatoms. The Morgan fingerprint density at radius 1 is 1.73 bits per heavy atom. The van der Waals surface area contributed by atoms with Gasteiger partial charge in [0.15, 0.2) is 0 Å². The molecule has 4 nitrogen and oxygen atoms in total. The third-order valence-electron chi connectivity index (χ3n) is 1.73. The summed E-state index contributed by atoms with van der Waals surface area (Å²) in [4.78, 5) is 10.2. The Morgan fingerprint density at radius 3 is 3.00 bits per heavy atom. The van der Waals surface area contributed by atoms with E-state index < -0.39 is 13.1 Å². The molecule has 0 aromatic rings. The van der Waals surface area contributed by atoms with Crippen molar-refractivity contribution in [2.45, 2.75) is 31.7 Å². The molecular formula is C6H11BO4. The number of hydrogen-bond acceptors (Lipinski definition) is 3. The van der Waals surface area contributed by atoms with E-state index >= 15 is 0 Å². The molecule has 1 rings (SSSR count). The van der Waals surface area contributed by atoms with E-state index in [1.165, 1.54) is 0 Å². The van der Waals surface area contributed by atoms with Crippen molar-refractivity contribution in [1.82, 2.24) is 0 Å². The summed E-state index contributed by atoms with van der Waals surface area (Å²) in [6.45, 7) is 0. The lowest BCUT2D eigenvalue weighted by Gasteiger charge is -2.23. The third-order valence-corrected chi connectivity index (χ3v) is 1.73. The van der Waals surface area contributed by atoms with Crippen LogP contribution >= 0.6 is 0 Å². The van der Waals surface area contributed by atoms with Gasteiger partial charge in [0.25, 0.3) is 0 Å².